The van der Waals surface area contributed by atoms with Crippen LogP contribution in [0.5, 0.6) is 5.75 Å². The van der Waals surface area contributed by atoms with Crippen molar-refractivity contribution in [2.45, 2.75) is 25.2 Å². The van der Waals surface area contributed by atoms with Crippen LogP contribution in [-0.4, -0.2) is 36.9 Å². The molecule has 1 N–H and O–H groups in total. The van der Waals surface area contributed by atoms with Gasteiger partial charge in [-0.2, -0.15) is 0 Å². The number of halogens is 3. The van der Waals surface area contributed by atoms with Crippen LogP contribution in [0.4, 0.5) is 18.9 Å². The van der Waals surface area contributed by atoms with E-state index in [0.717, 1.165) is 32.5 Å². The second-order valence-electron chi connectivity index (χ2n) is 5.46. The molecule has 0 saturated carbocycles. The maximum absolute atomic E-state index is 12.2. The van der Waals surface area contributed by atoms with Gasteiger partial charge in [-0.1, -0.05) is 6.07 Å². The average Bonchev–Trinajstić information content (AvgIpc) is 2.38. The fourth-order valence-electron chi connectivity index (χ4n) is 3.13. The summed E-state index contributed by atoms with van der Waals surface area (Å²) in [5.74, 6) is 0.441. The summed E-state index contributed by atoms with van der Waals surface area (Å²) in [6.07, 6.45) is -2.32. The van der Waals surface area contributed by atoms with E-state index in [1.54, 1.807) is 12.1 Å². The predicted octanol–water partition coefficient (Wildman–Crippen LogP) is 3.09. The standard InChI is InChI=1S/C14H17F3N2O/c15-14(16,17)20-12-3-1-2-11(8-12)18-13-9-19-6-4-10(13)5-7-19/h1-3,8,10,13,18H,4-7,9H2. The van der Waals surface area contributed by atoms with Gasteiger partial charge in [0.15, 0.2) is 0 Å². The van der Waals surface area contributed by atoms with Gasteiger partial charge in [-0.05, 0) is 44.0 Å². The second kappa shape index (κ2) is 5.16. The fraction of sp³-hybridized carbons (Fsp3) is 0.571. The molecule has 3 nitrogen and oxygen atoms in total. The Morgan fingerprint density at radius 3 is 2.55 bits per heavy atom. The van der Waals surface area contributed by atoms with E-state index >= 15 is 0 Å². The van der Waals surface area contributed by atoms with Crippen molar-refractivity contribution < 1.29 is 17.9 Å². The molecule has 4 rings (SSSR count). The number of hydrogen-bond donors (Lipinski definition) is 1. The van der Waals surface area contributed by atoms with Crippen LogP contribution in [0.25, 0.3) is 0 Å². The Kier molecular flexibility index (Phi) is 3.50. The van der Waals surface area contributed by atoms with E-state index < -0.39 is 6.36 Å². The lowest BCUT2D eigenvalue weighted by Gasteiger charge is -2.45. The zero-order valence-electron chi connectivity index (χ0n) is 11.0. The van der Waals surface area contributed by atoms with Crippen LogP contribution in [0.15, 0.2) is 24.3 Å². The highest BCUT2D eigenvalue weighted by atomic mass is 19.4. The Labute approximate surface area is 115 Å². The Bertz CT molecular complexity index is 470. The molecule has 20 heavy (non-hydrogen) atoms. The van der Waals surface area contributed by atoms with E-state index in [1.165, 1.54) is 12.1 Å². The van der Waals surface area contributed by atoms with Crippen LogP contribution in [-0.2, 0) is 0 Å². The summed E-state index contributed by atoms with van der Waals surface area (Å²) in [4.78, 5) is 2.40. The first kappa shape index (κ1) is 13.5. The predicted molar refractivity (Wildman–Crippen MR) is 69.7 cm³/mol. The Balaban J connectivity index is 1.67. The molecule has 1 unspecified atom stereocenters. The van der Waals surface area contributed by atoms with Gasteiger partial charge in [0.2, 0.25) is 0 Å². The van der Waals surface area contributed by atoms with Crippen molar-refractivity contribution in [1.82, 2.24) is 4.90 Å². The number of fused-ring (bicyclic) bond motifs is 3. The number of alkyl halides is 3. The number of anilines is 1. The Hall–Kier alpha value is -1.43. The van der Waals surface area contributed by atoms with Crippen LogP contribution in [0.2, 0.25) is 0 Å². The summed E-state index contributed by atoms with van der Waals surface area (Å²) < 4.78 is 40.6. The third-order valence-corrected chi connectivity index (χ3v) is 4.08. The first-order chi connectivity index (χ1) is 9.49. The number of piperidine rings is 3. The smallest absolute Gasteiger partial charge is 0.406 e. The first-order valence-corrected chi connectivity index (χ1v) is 6.84. The molecule has 1 aromatic carbocycles. The molecule has 3 aliphatic rings. The normalized spacial score (nSPS) is 29.2. The van der Waals surface area contributed by atoms with Gasteiger partial charge in [-0.15, -0.1) is 13.2 Å². The topological polar surface area (TPSA) is 24.5 Å². The second-order valence-corrected chi connectivity index (χ2v) is 5.46. The van der Waals surface area contributed by atoms with Crippen molar-refractivity contribution in [3.63, 3.8) is 0 Å². The quantitative estimate of drug-likeness (QED) is 0.924. The van der Waals surface area contributed by atoms with Crippen molar-refractivity contribution >= 4 is 5.69 Å². The molecule has 2 bridgehead atoms. The van der Waals surface area contributed by atoms with Crippen molar-refractivity contribution in [1.29, 1.82) is 0 Å². The summed E-state index contributed by atoms with van der Waals surface area (Å²) >= 11 is 0. The molecule has 110 valence electrons. The van der Waals surface area contributed by atoms with Crippen LogP contribution >= 0.6 is 0 Å². The van der Waals surface area contributed by atoms with Gasteiger partial charge in [0, 0.05) is 24.3 Å². The van der Waals surface area contributed by atoms with E-state index in [4.69, 9.17) is 0 Å². The molecule has 1 atom stereocenters. The number of nitrogens with zero attached hydrogens (tertiary/aromatic N) is 1. The highest BCUT2D eigenvalue weighted by Crippen LogP contribution is 2.31. The highest BCUT2D eigenvalue weighted by molar-refractivity contribution is 5.49. The maximum atomic E-state index is 12.2. The molecule has 3 fully saturated rings. The summed E-state index contributed by atoms with van der Waals surface area (Å²) in [5.41, 5.74) is 0.686. The van der Waals surface area contributed by atoms with Gasteiger partial charge in [0.05, 0.1) is 0 Å². The number of ether oxygens (including phenoxy) is 1. The van der Waals surface area contributed by atoms with Crippen molar-refractivity contribution in [2.24, 2.45) is 5.92 Å². The zero-order valence-corrected chi connectivity index (χ0v) is 11.0. The lowest BCUT2D eigenvalue weighted by molar-refractivity contribution is -0.274. The van der Waals surface area contributed by atoms with E-state index in [9.17, 15) is 13.2 Å². The summed E-state index contributed by atoms with van der Waals surface area (Å²) in [5, 5.41) is 3.35. The molecule has 3 saturated heterocycles. The van der Waals surface area contributed by atoms with E-state index in [1.807, 2.05) is 0 Å². The molecule has 1 aromatic rings. The first-order valence-electron chi connectivity index (χ1n) is 6.84. The summed E-state index contributed by atoms with van der Waals surface area (Å²) in [6.45, 7) is 3.25. The largest absolute Gasteiger partial charge is 0.573 e. The third-order valence-electron chi connectivity index (χ3n) is 4.08. The van der Waals surface area contributed by atoms with Crippen LogP contribution in [0.3, 0.4) is 0 Å². The van der Waals surface area contributed by atoms with Crippen molar-refractivity contribution in [3.8, 4) is 5.75 Å². The van der Waals surface area contributed by atoms with Gasteiger partial charge in [0.1, 0.15) is 5.75 Å². The zero-order chi connectivity index (χ0) is 14.2. The van der Waals surface area contributed by atoms with Gasteiger partial charge >= 0.3 is 6.36 Å². The SMILES string of the molecule is FC(F)(F)Oc1cccc(NC2CN3CCC2CC3)c1. The minimum absolute atomic E-state index is 0.177. The van der Waals surface area contributed by atoms with E-state index in [2.05, 4.69) is 15.0 Å². The Morgan fingerprint density at radius 1 is 1.20 bits per heavy atom. The van der Waals surface area contributed by atoms with Crippen LogP contribution in [0.1, 0.15) is 12.8 Å². The molecule has 6 heteroatoms. The van der Waals surface area contributed by atoms with Gasteiger partial charge in [-0.3, -0.25) is 0 Å². The number of hydrogen-bond acceptors (Lipinski definition) is 3. The minimum Gasteiger partial charge on any atom is -0.406 e. The molecule has 0 amide bonds. The molecular formula is C14H17F3N2O. The fourth-order valence-corrected chi connectivity index (χ4v) is 3.13. The summed E-state index contributed by atoms with van der Waals surface area (Å²) in [7, 11) is 0. The average molecular weight is 286 g/mol. The molecule has 0 aromatic heterocycles. The van der Waals surface area contributed by atoms with Gasteiger partial charge in [0.25, 0.3) is 0 Å². The number of rotatable bonds is 3. The monoisotopic (exact) mass is 286 g/mol. The number of benzene rings is 1. The molecule has 0 spiro atoms. The van der Waals surface area contributed by atoms with Crippen LogP contribution < -0.4 is 10.1 Å². The highest BCUT2D eigenvalue weighted by Gasteiger charge is 2.34. The molecule has 3 heterocycles. The third kappa shape index (κ3) is 3.17. The van der Waals surface area contributed by atoms with Crippen molar-refractivity contribution in [3.05, 3.63) is 24.3 Å². The lowest BCUT2D eigenvalue weighted by atomic mass is 9.84. The molecule has 0 radical (unpaired) electrons. The molecule has 0 aliphatic carbocycles. The van der Waals surface area contributed by atoms with Crippen LogP contribution in [0, 0.1) is 5.92 Å². The molecule has 3 aliphatic heterocycles. The summed E-state index contributed by atoms with van der Waals surface area (Å²) in [6, 6.07) is 6.39. The lowest BCUT2D eigenvalue weighted by Crippen LogP contribution is -2.53. The van der Waals surface area contributed by atoms with Gasteiger partial charge < -0.3 is 15.0 Å². The van der Waals surface area contributed by atoms with E-state index in [-0.39, 0.29) is 5.75 Å². The minimum atomic E-state index is -4.64. The maximum Gasteiger partial charge on any atom is 0.573 e. The Morgan fingerprint density at radius 2 is 1.95 bits per heavy atom. The molecular weight excluding hydrogens is 269 g/mol. The van der Waals surface area contributed by atoms with Gasteiger partial charge in [-0.25, -0.2) is 0 Å². The van der Waals surface area contributed by atoms with E-state index in [0.29, 0.717) is 17.6 Å². The number of nitrogens with one attached hydrogen (secondary N) is 1. The van der Waals surface area contributed by atoms with Crippen molar-refractivity contribution in [2.75, 3.05) is 25.0 Å².